The summed E-state index contributed by atoms with van der Waals surface area (Å²) >= 11 is 2.38. The highest BCUT2D eigenvalue weighted by Crippen LogP contribution is 2.44. The Morgan fingerprint density at radius 2 is 1.81 bits per heavy atom. The number of fused-ring (bicyclic) bond motifs is 1. The molecule has 1 unspecified atom stereocenters. The van der Waals surface area contributed by atoms with E-state index in [0.29, 0.717) is 17.7 Å². The van der Waals surface area contributed by atoms with E-state index in [1.165, 1.54) is 11.1 Å². The summed E-state index contributed by atoms with van der Waals surface area (Å²) in [5, 5.41) is 3.16. The van der Waals surface area contributed by atoms with Crippen LogP contribution >= 0.6 is 22.9 Å². The van der Waals surface area contributed by atoms with Gasteiger partial charge in [0.1, 0.15) is 6.04 Å². The number of rotatable bonds is 2. The van der Waals surface area contributed by atoms with Crippen molar-refractivity contribution in [2.45, 2.75) is 37.9 Å². The van der Waals surface area contributed by atoms with Crippen molar-refractivity contribution >= 4 is 57.2 Å². The summed E-state index contributed by atoms with van der Waals surface area (Å²) in [5.74, 6) is -0.924. The smallest absolute Gasteiger partial charge is 0.259 e. The minimum Gasteiger partial charge on any atom is -0.295 e. The van der Waals surface area contributed by atoms with Crippen LogP contribution in [0.1, 0.15) is 45.9 Å². The molecule has 0 saturated carbocycles. The molecule has 0 spiro atoms. The lowest BCUT2D eigenvalue weighted by Crippen LogP contribution is -2.53. The van der Waals surface area contributed by atoms with E-state index in [-0.39, 0.29) is 24.3 Å². The minimum absolute atomic E-state index is 0.127. The van der Waals surface area contributed by atoms with Crippen LogP contribution in [0.5, 0.6) is 0 Å². The van der Waals surface area contributed by atoms with Crippen LogP contribution in [-0.2, 0) is 22.6 Å². The number of piperidine rings is 1. The van der Waals surface area contributed by atoms with E-state index in [2.05, 4.69) is 60.5 Å². The van der Waals surface area contributed by atoms with E-state index < -0.39 is 11.9 Å². The van der Waals surface area contributed by atoms with E-state index in [1.807, 2.05) is 12.1 Å². The molecule has 2 atom stereocenters. The Bertz CT molecular complexity index is 1320. The molecule has 0 bridgehead atoms. The van der Waals surface area contributed by atoms with E-state index in [0.717, 1.165) is 29.4 Å². The van der Waals surface area contributed by atoms with Crippen LogP contribution in [-0.4, -0.2) is 31.9 Å². The second-order valence-electron chi connectivity index (χ2n) is 8.44. The van der Waals surface area contributed by atoms with Gasteiger partial charge in [0.25, 0.3) is 5.91 Å². The van der Waals surface area contributed by atoms with Crippen molar-refractivity contribution in [3.8, 4) is 0 Å². The lowest BCUT2D eigenvalue weighted by atomic mass is 9.90. The molecule has 3 aliphatic rings. The highest BCUT2D eigenvalue weighted by atomic mass is 127. The highest BCUT2D eigenvalue weighted by molar-refractivity contribution is 14.1. The molecule has 1 fully saturated rings. The second kappa shape index (κ2) is 7.35. The Kier molecular flexibility index (Phi) is 4.55. The lowest BCUT2D eigenvalue weighted by molar-refractivity contribution is -0.134. The molecular weight excluding hydrogens is 519 g/mol. The van der Waals surface area contributed by atoms with E-state index in [4.69, 9.17) is 0 Å². The fraction of sp³-hybridized carbons (Fsp3) is 0.250. The zero-order valence-corrected chi connectivity index (χ0v) is 19.2. The molecule has 2 aromatic carbocycles. The number of hydrogen-bond donors (Lipinski definition) is 1. The fourth-order valence-electron chi connectivity index (χ4n) is 5.15. The van der Waals surface area contributed by atoms with Gasteiger partial charge in [-0.25, -0.2) is 3.11 Å². The maximum atomic E-state index is 13.3. The SMILES string of the molecule is O=C1CCC(N2C(=O)c3ccc([C@H]4Cc5ccccc5CN4I)c4nccc2c34)C(=O)N1. The molecule has 4 heterocycles. The third-order valence-electron chi connectivity index (χ3n) is 6.68. The van der Waals surface area contributed by atoms with Crippen molar-refractivity contribution in [1.29, 1.82) is 0 Å². The predicted octanol–water partition coefficient (Wildman–Crippen LogP) is 3.45. The van der Waals surface area contributed by atoms with Crippen molar-refractivity contribution in [3.63, 3.8) is 0 Å². The van der Waals surface area contributed by atoms with Crippen LogP contribution in [0.2, 0.25) is 0 Å². The third kappa shape index (κ3) is 2.89. The van der Waals surface area contributed by atoms with Crippen LogP contribution in [0.15, 0.2) is 48.7 Å². The van der Waals surface area contributed by atoms with Crippen molar-refractivity contribution in [2.75, 3.05) is 4.90 Å². The largest absolute Gasteiger partial charge is 0.295 e. The topological polar surface area (TPSA) is 82.6 Å². The van der Waals surface area contributed by atoms with Gasteiger partial charge in [0, 0.05) is 47.4 Å². The number of nitrogens with zero attached hydrogens (tertiary/aromatic N) is 3. The first kappa shape index (κ1) is 19.8. The van der Waals surface area contributed by atoms with Gasteiger partial charge >= 0.3 is 0 Å². The third-order valence-corrected chi connectivity index (χ3v) is 7.70. The predicted molar refractivity (Wildman–Crippen MR) is 127 cm³/mol. The van der Waals surface area contributed by atoms with Gasteiger partial charge < -0.3 is 0 Å². The number of hydrogen-bond acceptors (Lipinski definition) is 5. The number of anilines is 1. The first-order valence-electron chi connectivity index (χ1n) is 10.6. The minimum atomic E-state index is -0.690. The summed E-state index contributed by atoms with van der Waals surface area (Å²) in [7, 11) is 0. The number of nitrogens with one attached hydrogen (secondary N) is 1. The van der Waals surface area contributed by atoms with Gasteiger partial charge in [-0.1, -0.05) is 30.3 Å². The van der Waals surface area contributed by atoms with Gasteiger partial charge in [-0.2, -0.15) is 0 Å². The fourth-order valence-corrected chi connectivity index (χ4v) is 6.01. The molecule has 7 nitrogen and oxygen atoms in total. The van der Waals surface area contributed by atoms with Gasteiger partial charge in [-0.15, -0.1) is 0 Å². The number of carbonyl (C=O) groups is 3. The number of pyridine rings is 1. The molecule has 3 aromatic rings. The molecule has 8 heteroatoms. The maximum absolute atomic E-state index is 13.3. The normalized spacial score (nSPS) is 22.9. The Balaban J connectivity index is 1.46. The standard InChI is InChI=1S/C24H19IN4O3/c25-28-12-14-4-2-1-3-13(14)11-19(28)15-5-6-16-21-17(9-10-26-22(15)21)29(24(16)32)18-7-8-20(30)27-23(18)31/h1-6,9-10,18-19H,7-8,11-12H2,(H,27,30,31)/t18?,19-/m1/s1. The van der Waals surface area contributed by atoms with Gasteiger partial charge in [-0.05, 0) is 41.7 Å². The molecule has 0 radical (unpaired) electrons. The van der Waals surface area contributed by atoms with E-state index >= 15 is 0 Å². The van der Waals surface area contributed by atoms with Gasteiger partial charge in [0.15, 0.2) is 0 Å². The summed E-state index contributed by atoms with van der Waals surface area (Å²) in [6.45, 7) is 0.839. The lowest BCUT2D eigenvalue weighted by Gasteiger charge is -2.33. The molecule has 32 heavy (non-hydrogen) atoms. The summed E-state index contributed by atoms with van der Waals surface area (Å²) in [6.07, 6.45) is 3.12. The molecule has 6 rings (SSSR count). The summed E-state index contributed by atoms with van der Waals surface area (Å²) in [4.78, 5) is 43.7. The molecule has 1 aromatic heterocycles. The zero-order valence-electron chi connectivity index (χ0n) is 17.0. The first-order valence-corrected chi connectivity index (χ1v) is 11.6. The molecule has 0 aliphatic carbocycles. The van der Waals surface area contributed by atoms with Crippen molar-refractivity contribution in [2.24, 2.45) is 0 Å². The van der Waals surface area contributed by atoms with Crippen LogP contribution in [0.3, 0.4) is 0 Å². The van der Waals surface area contributed by atoms with E-state index in [9.17, 15) is 14.4 Å². The number of imide groups is 1. The maximum Gasteiger partial charge on any atom is 0.259 e. The van der Waals surface area contributed by atoms with Gasteiger partial charge in [0.05, 0.1) is 22.8 Å². The van der Waals surface area contributed by atoms with Crippen LogP contribution < -0.4 is 10.2 Å². The Morgan fingerprint density at radius 3 is 2.62 bits per heavy atom. The number of halogens is 1. The monoisotopic (exact) mass is 538 g/mol. The zero-order chi connectivity index (χ0) is 22.0. The average Bonchev–Trinajstić information content (AvgIpc) is 3.07. The second-order valence-corrected chi connectivity index (χ2v) is 9.68. The number of carbonyl (C=O) groups excluding carboxylic acids is 3. The Hall–Kier alpha value is -2.85. The highest BCUT2D eigenvalue weighted by Gasteiger charge is 2.41. The number of benzene rings is 2. The first-order chi connectivity index (χ1) is 15.5. The molecular formula is C24H19IN4O3. The van der Waals surface area contributed by atoms with Crippen LogP contribution in [0.25, 0.3) is 10.9 Å². The quantitative estimate of drug-likeness (QED) is 0.307. The summed E-state index contributed by atoms with van der Waals surface area (Å²) < 4.78 is 2.29. The van der Waals surface area contributed by atoms with E-state index in [1.54, 1.807) is 17.2 Å². The number of amides is 3. The molecule has 1 saturated heterocycles. The average molecular weight is 538 g/mol. The number of aromatic nitrogens is 1. The molecule has 3 amide bonds. The van der Waals surface area contributed by atoms with Crippen LogP contribution in [0, 0.1) is 0 Å². The molecule has 3 aliphatic heterocycles. The Morgan fingerprint density at radius 1 is 1.00 bits per heavy atom. The van der Waals surface area contributed by atoms with Crippen LogP contribution in [0.4, 0.5) is 5.69 Å². The Labute approximate surface area is 198 Å². The van der Waals surface area contributed by atoms with Gasteiger partial charge in [-0.3, -0.25) is 29.6 Å². The van der Waals surface area contributed by atoms with Crippen molar-refractivity contribution < 1.29 is 14.4 Å². The molecule has 1 N–H and O–H groups in total. The van der Waals surface area contributed by atoms with Gasteiger partial charge in [0.2, 0.25) is 11.8 Å². The van der Waals surface area contributed by atoms with Crippen molar-refractivity contribution in [3.05, 3.63) is 70.9 Å². The molecule has 160 valence electrons. The van der Waals surface area contributed by atoms with Crippen molar-refractivity contribution in [1.82, 2.24) is 13.4 Å². The summed E-state index contributed by atoms with van der Waals surface area (Å²) in [5.41, 5.74) is 5.79. The summed E-state index contributed by atoms with van der Waals surface area (Å²) in [6, 6.07) is 13.6.